The molecule has 1 unspecified atom stereocenters. The Morgan fingerprint density at radius 2 is 2.14 bits per heavy atom. The van der Waals surface area contributed by atoms with E-state index in [-0.39, 0.29) is 0 Å². The van der Waals surface area contributed by atoms with Crippen molar-refractivity contribution in [3.63, 3.8) is 0 Å². The zero-order chi connectivity index (χ0) is 18.8. The number of H-pyrrole nitrogens is 1. The molecule has 3 heterocycles. The standard InChI is InChI=1S/C24H30N2O2/c1-2-6-21-19(5-1)17-27-18-24(21)10-14-26(15-11-24)13-4-16-28-23-8-3-7-22-20(23)9-12-25-22/h1-3,5,7-9,12,21,25H,4,6,10-11,13-18H2. The highest BCUT2D eigenvalue weighted by Gasteiger charge is 2.45. The van der Waals surface area contributed by atoms with Gasteiger partial charge in [0, 0.05) is 29.1 Å². The van der Waals surface area contributed by atoms with E-state index < -0.39 is 0 Å². The summed E-state index contributed by atoms with van der Waals surface area (Å²) in [7, 11) is 0. The molecule has 1 aromatic carbocycles. The number of piperidine rings is 1. The van der Waals surface area contributed by atoms with Crippen LogP contribution in [0.25, 0.3) is 10.9 Å². The van der Waals surface area contributed by atoms with Crippen LogP contribution in [-0.2, 0) is 4.74 Å². The highest BCUT2D eigenvalue weighted by Crippen LogP contribution is 2.48. The monoisotopic (exact) mass is 378 g/mol. The number of likely N-dealkylation sites (tertiary alicyclic amines) is 1. The fraction of sp³-hybridized carbons (Fsp3) is 0.500. The maximum atomic E-state index is 6.07. The lowest BCUT2D eigenvalue weighted by molar-refractivity contribution is -0.0539. The van der Waals surface area contributed by atoms with Crippen molar-refractivity contribution in [3.05, 3.63) is 54.3 Å². The second-order valence-electron chi connectivity index (χ2n) is 8.55. The van der Waals surface area contributed by atoms with Crippen LogP contribution in [0.15, 0.2) is 54.3 Å². The number of ether oxygens (including phenoxy) is 2. The molecule has 2 aromatic rings. The van der Waals surface area contributed by atoms with Crippen molar-refractivity contribution < 1.29 is 9.47 Å². The number of aromatic amines is 1. The highest BCUT2D eigenvalue weighted by molar-refractivity contribution is 5.85. The lowest BCUT2D eigenvalue weighted by Crippen LogP contribution is -2.50. The third kappa shape index (κ3) is 3.40. The van der Waals surface area contributed by atoms with Gasteiger partial charge in [-0.25, -0.2) is 0 Å². The van der Waals surface area contributed by atoms with Gasteiger partial charge in [-0.05, 0) is 68.5 Å². The summed E-state index contributed by atoms with van der Waals surface area (Å²) in [6.07, 6.45) is 13.6. The average Bonchev–Trinajstić information content (AvgIpc) is 3.23. The Kier molecular flexibility index (Phi) is 5.00. The molecular weight excluding hydrogens is 348 g/mol. The van der Waals surface area contributed by atoms with Gasteiger partial charge in [-0.3, -0.25) is 0 Å². The number of allylic oxidation sites excluding steroid dienone is 3. The maximum Gasteiger partial charge on any atom is 0.128 e. The van der Waals surface area contributed by atoms with Gasteiger partial charge in [0.15, 0.2) is 0 Å². The van der Waals surface area contributed by atoms with Crippen LogP contribution >= 0.6 is 0 Å². The van der Waals surface area contributed by atoms with E-state index in [2.05, 4.69) is 46.3 Å². The molecule has 1 aromatic heterocycles. The van der Waals surface area contributed by atoms with Gasteiger partial charge in [-0.1, -0.05) is 24.3 Å². The molecule has 0 bridgehead atoms. The molecule has 148 valence electrons. The number of nitrogens with one attached hydrogen (secondary N) is 1. The summed E-state index contributed by atoms with van der Waals surface area (Å²) in [5.41, 5.74) is 3.03. The van der Waals surface area contributed by atoms with Crippen molar-refractivity contribution in [3.8, 4) is 5.75 Å². The number of aromatic nitrogens is 1. The van der Waals surface area contributed by atoms with Gasteiger partial charge >= 0.3 is 0 Å². The Morgan fingerprint density at radius 3 is 3.07 bits per heavy atom. The Bertz CT molecular complexity index is 874. The summed E-state index contributed by atoms with van der Waals surface area (Å²) < 4.78 is 12.1. The molecule has 0 amide bonds. The van der Waals surface area contributed by atoms with Gasteiger partial charge in [-0.2, -0.15) is 0 Å². The summed E-state index contributed by atoms with van der Waals surface area (Å²) in [4.78, 5) is 5.86. The van der Waals surface area contributed by atoms with E-state index in [1.165, 1.54) is 43.3 Å². The summed E-state index contributed by atoms with van der Waals surface area (Å²) in [5.74, 6) is 1.69. The van der Waals surface area contributed by atoms with E-state index in [1.807, 2.05) is 12.3 Å². The predicted molar refractivity (Wildman–Crippen MR) is 113 cm³/mol. The summed E-state index contributed by atoms with van der Waals surface area (Å²) in [6, 6.07) is 8.29. The van der Waals surface area contributed by atoms with E-state index >= 15 is 0 Å². The van der Waals surface area contributed by atoms with E-state index in [0.717, 1.165) is 44.1 Å². The number of rotatable bonds is 5. The molecule has 2 saturated heterocycles. The van der Waals surface area contributed by atoms with E-state index in [4.69, 9.17) is 9.47 Å². The van der Waals surface area contributed by atoms with Crippen LogP contribution in [0, 0.1) is 11.3 Å². The van der Waals surface area contributed by atoms with Gasteiger partial charge in [0.1, 0.15) is 5.75 Å². The van der Waals surface area contributed by atoms with Crippen molar-refractivity contribution >= 4 is 10.9 Å². The first-order chi connectivity index (χ1) is 13.8. The molecule has 1 N–H and O–H groups in total. The summed E-state index contributed by atoms with van der Waals surface area (Å²) in [6.45, 7) is 6.04. The first kappa shape index (κ1) is 18.0. The van der Waals surface area contributed by atoms with Crippen molar-refractivity contribution in [1.82, 2.24) is 9.88 Å². The summed E-state index contributed by atoms with van der Waals surface area (Å²) in [5, 5.41) is 1.17. The van der Waals surface area contributed by atoms with Gasteiger partial charge < -0.3 is 19.4 Å². The Balaban J connectivity index is 1.11. The van der Waals surface area contributed by atoms with Crippen LogP contribution in [0.5, 0.6) is 5.75 Å². The van der Waals surface area contributed by atoms with Crippen LogP contribution in [0.4, 0.5) is 0 Å². The fourth-order valence-electron chi connectivity index (χ4n) is 5.31. The van der Waals surface area contributed by atoms with Gasteiger partial charge in [-0.15, -0.1) is 0 Å². The van der Waals surface area contributed by atoms with Crippen LogP contribution in [0.2, 0.25) is 0 Å². The molecule has 4 heteroatoms. The second-order valence-corrected chi connectivity index (χ2v) is 8.55. The first-order valence-corrected chi connectivity index (χ1v) is 10.7. The van der Waals surface area contributed by atoms with Crippen molar-refractivity contribution in [2.24, 2.45) is 11.3 Å². The number of nitrogens with zero attached hydrogens (tertiary/aromatic N) is 1. The zero-order valence-electron chi connectivity index (χ0n) is 16.5. The third-order valence-corrected chi connectivity index (χ3v) is 6.95. The molecule has 28 heavy (non-hydrogen) atoms. The minimum absolute atomic E-state index is 0.367. The topological polar surface area (TPSA) is 37.5 Å². The van der Waals surface area contributed by atoms with E-state index in [1.54, 1.807) is 0 Å². The Morgan fingerprint density at radius 1 is 1.21 bits per heavy atom. The Labute approximate surface area is 167 Å². The van der Waals surface area contributed by atoms with Crippen molar-refractivity contribution in [1.29, 1.82) is 0 Å². The number of benzene rings is 1. The summed E-state index contributed by atoms with van der Waals surface area (Å²) >= 11 is 0. The number of hydrogen-bond donors (Lipinski definition) is 1. The number of hydrogen-bond acceptors (Lipinski definition) is 3. The molecule has 3 aliphatic rings. The molecule has 2 aliphatic heterocycles. The van der Waals surface area contributed by atoms with Crippen molar-refractivity contribution in [2.75, 3.05) is 39.5 Å². The molecule has 1 aliphatic carbocycles. The van der Waals surface area contributed by atoms with E-state index in [0.29, 0.717) is 11.3 Å². The minimum Gasteiger partial charge on any atom is -0.493 e. The maximum absolute atomic E-state index is 6.07. The lowest BCUT2D eigenvalue weighted by Gasteiger charge is -2.50. The molecule has 1 atom stereocenters. The van der Waals surface area contributed by atoms with Crippen LogP contribution < -0.4 is 4.74 Å². The molecule has 4 nitrogen and oxygen atoms in total. The smallest absolute Gasteiger partial charge is 0.128 e. The van der Waals surface area contributed by atoms with Crippen LogP contribution in [0.1, 0.15) is 25.7 Å². The van der Waals surface area contributed by atoms with Gasteiger partial charge in [0.2, 0.25) is 0 Å². The molecule has 5 rings (SSSR count). The molecule has 2 fully saturated rings. The second kappa shape index (κ2) is 7.76. The van der Waals surface area contributed by atoms with Crippen LogP contribution in [-0.4, -0.2) is 49.3 Å². The molecule has 0 saturated carbocycles. The average molecular weight is 379 g/mol. The molecular formula is C24H30N2O2. The predicted octanol–water partition coefficient (Wildman–Crippen LogP) is 4.55. The van der Waals surface area contributed by atoms with E-state index in [9.17, 15) is 0 Å². The van der Waals surface area contributed by atoms with Gasteiger partial charge in [0.25, 0.3) is 0 Å². The third-order valence-electron chi connectivity index (χ3n) is 6.95. The minimum atomic E-state index is 0.367. The van der Waals surface area contributed by atoms with Crippen molar-refractivity contribution in [2.45, 2.75) is 25.7 Å². The lowest BCUT2D eigenvalue weighted by atomic mass is 9.63. The quantitative estimate of drug-likeness (QED) is 0.776. The molecule has 1 spiro atoms. The first-order valence-electron chi connectivity index (χ1n) is 10.7. The van der Waals surface area contributed by atoms with Gasteiger partial charge in [0.05, 0.1) is 19.8 Å². The fourth-order valence-corrected chi connectivity index (χ4v) is 5.31. The number of fused-ring (bicyclic) bond motifs is 3. The Hall–Kier alpha value is -2.04. The largest absolute Gasteiger partial charge is 0.493 e. The SMILES string of the molecule is C1=CCC2C(=C1)COCC21CCN(CCCOc2cccc3[nH]ccc23)CC1. The normalized spacial score (nSPS) is 24.3. The molecule has 0 radical (unpaired) electrons. The van der Waals surface area contributed by atoms with Crippen LogP contribution in [0.3, 0.4) is 0 Å². The highest BCUT2D eigenvalue weighted by atomic mass is 16.5. The zero-order valence-corrected chi connectivity index (χ0v) is 16.5.